The molecule has 0 aliphatic carbocycles. The Morgan fingerprint density at radius 2 is 1.65 bits per heavy atom. The van der Waals surface area contributed by atoms with Crippen LogP contribution in [0.1, 0.15) is 5.56 Å². The molecule has 0 saturated carbocycles. The van der Waals surface area contributed by atoms with Gasteiger partial charge in [0.05, 0.1) is 4.90 Å². The van der Waals surface area contributed by atoms with Crippen molar-refractivity contribution < 1.29 is 8.42 Å². The molecule has 0 amide bonds. The minimum atomic E-state index is -3.14. The van der Waals surface area contributed by atoms with E-state index >= 15 is 0 Å². The predicted molar refractivity (Wildman–Crippen MR) is 88.7 cm³/mol. The Balaban J connectivity index is 2.06. The van der Waals surface area contributed by atoms with Crippen molar-refractivity contribution in [3.05, 3.63) is 57.0 Å². The van der Waals surface area contributed by atoms with Crippen molar-refractivity contribution in [3.63, 3.8) is 0 Å². The summed E-state index contributed by atoms with van der Waals surface area (Å²) in [5, 5.41) is 3.26. The van der Waals surface area contributed by atoms with Gasteiger partial charge in [0.1, 0.15) is 0 Å². The Hall–Kier alpha value is -0.850. The zero-order valence-electron chi connectivity index (χ0n) is 10.7. The highest BCUT2D eigenvalue weighted by Crippen LogP contribution is 2.24. The van der Waals surface area contributed by atoms with Crippen LogP contribution in [0.4, 0.5) is 5.69 Å². The number of hydrogen-bond acceptors (Lipinski definition) is 3. The summed E-state index contributed by atoms with van der Waals surface area (Å²) < 4.78 is 24.7. The average Bonchev–Trinajstić information content (AvgIpc) is 2.40. The van der Waals surface area contributed by atoms with E-state index in [0.29, 0.717) is 11.4 Å². The summed E-state index contributed by atoms with van der Waals surface area (Å²) in [5.41, 5.74) is 2.02. The number of halogens is 2. The molecule has 106 valence electrons. The third kappa shape index (κ3) is 4.07. The molecule has 6 heteroatoms. The monoisotopic (exact) mass is 417 g/mol. The van der Waals surface area contributed by atoms with Crippen LogP contribution in [0, 0.1) is 0 Å². The third-order valence-corrected chi connectivity index (χ3v) is 5.77. The molecule has 1 N–H and O–H groups in total. The van der Waals surface area contributed by atoms with E-state index in [0.717, 1.165) is 20.2 Å². The second kappa shape index (κ2) is 6.28. The minimum Gasteiger partial charge on any atom is -0.381 e. The first kappa shape index (κ1) is 15.5. The van der Waals surface area contributed by atoms with Crippen molar-refractivity contribution in [2.45, 2.75) is 11.4 Å². The van der Waals surface area contributed by atoms with E-state index in [4.69, 9.17) is 0 Å². The molecule has 2 aromatic rings. The summed E-state index contributed by atoms with van der Waals surface area (Å²) in [5.74, 6) is 0. The number of sulfone groups is 1. The first-order valence-electron chi connectivity index (χ1n) is 5.84. The Labute approximate surface area is 135 Å². The van der Waals surface area contributed by atoms with E-state index in [2.05, 4.69) is 37.2 Å². The highest BCUT2D eigenvalue weighted by Gasteiger charge is 2.06. The maximum absolute atomic E-state index is 11.4. The highest BCUT2D eigenvalue weighted by molar-refractivity contribution is 9.13. The van der Waals surface area contributed by atoms with Gasteiger partial charge in [0.25, 0.3) is 0 Å². The van der Waals surface area contributed by atoms with Gasteiger partial charge in [-0.05, 0) is 73.8 Å². The fourth-order valence-electron chi connectivity index (χ4n) is 1.67. The first-order valence-corrected chi connectivity index (χ1v) is 9.32. The molecule has 0 fully saturated rings. The molecule has 0 atom stereocenters. The molecule has 0 aliphatic heterocycles. The zero-order chi connectivity index (χ0) is 14.8. The summed E-state index contributed by atoms with van der Waals surface area (Å²) >= 11 is 6.89. The van der Waals surface area contributed by atoms with E-state index in [1.54, 1.807) is 24.3 Å². The van der Waals surface area contributed by atoms with Gasteiger partial charge in [0, 0.05) is 27.4 Å². The fraction of sp³-hybridized carbons (Fsp3) is 0.143. The normalized spacial score (nSPS) is 11.3. The van der Waals surface area contributed by atoms with Crippen LogP contribution in [-0.4, -0.2) is 14.7 Å². The van der Waals surface area contributed by atoms with Crippen molar-refractivity contribution in [2.75, 3.05) is 11.6 Å². The van der Waals surface area contributed by atoms with Crippen molar-refractivity contribution in [1.82, 2.24) is 0 Å². The minimum absolute atomic E-state index is 0.328. The maximum atomic E-state index is 11.4. The topological polar surface area (TPSA) is 46.2 Å². The molecule has 20 heavy (non-hydrogen) atoms. The quantitative estimate of drug-likeness (QED) is 0.808. The third-order valence-electron chi connectivity index (χ3n) is 2.76. The van der Waals surface area contributed by atoms with Gasteiger partial charge in [-0.1, -0.05) is 6.07 Å². The molecule has 0 bridgehead atoms. The van der Waals surface area contributed by atoms with E-state index < -0.39 is 9.84 Å². The van der Waals surface area contributed by atoms with Crippen LogP contribution in [0.15, 0.2) is 56.3 Å². The summed E-state index contributed by atoms with van der Waals surface area (Å²) in [6.45, 7) is 0.671. The van der Waals surface area contributed by atoms with Gasteiger partial charge in [0.2, 0.25) is 0 Å². The van der Waals surface area contributed by atoms with Crippen LogP contribution >= 0.6 is 31.9 Å². The molecule has 2 rings (SSSR count). The largest absolute Gasteiger partial charge is 0.381 e. The van der Waals surface area contributed by atoms with Crippen LogP contribution in [0.3, 0.4) is 0 Å². The first-order chi connectivity index (χ1) is 9.36. The number of benzene rings is 2. The van der Waals surface area contributed by atoms with Gasteiger partial charge in [0.15, 0.2) is 9.84 Å². The number of hydrogen-bond donors (Lipinski definition) is 1. The van der Waals surface area contributed by atoms with E-state index in [1.165, 1.54) is 6.26 Å². The van der Waals surface area contributed by atoms with Gasteiger partial charge in [-0.2, -0.15) is 0 Å². The smallest absolute Gasteiger partial charge is 0.175 e. The molecule has 2 aromatic carbocycles. The lowest BCUT2D eigenvalue weighted by atomic mass is 10.2. The van der Waals surface area contributed by atoms with Crippen LogP contribution < -0.4 is 5.32 Å². The van der Waals surface area contributed by atoms with Crippen molar-refractivity contribution in [2.24, 2.45) is 0 Å². The molecule has 0 unspecified atom stereocenters. The Bertz CT molecular complexity index is 712. The molecule has 3 nitrogen and oxygen atoms in total. The molecule has 0 heterocycles. The van der Waals surface area contributed by atoms with E-state index in [9.17, 15) is 8.42 Å². The predicted octanol–water partition coefficient (Wildman–Crippen LogP) is 4.23. The van der Waals surface area contributed by atoms with Crippen LogP contribution in [0.25, 0.3) is 0 Å². The lowest BCUT2D eigenvalue weighted by Gasteiger charge is -2.08. The summed E-state index contributed by atoms with van der Waals surface area (Å²) in [6, 6.07) is 12.8. The summed E-state index contributed by atoms with van der Waals surface area (Å²) in [4.78, 5) is 0.328. The highest BCUT2D eigenvalue weighted by atomic mass is 79.9. The Morgan fingerprint density at radius 1 is 1.00 bits per heavy atom. The molecule has 0 saturated heterocycles. The number of rotatable bonds is 4. The van der Waals surface area contributed by atoms with Crippen molar-refractivity contribution >= 4 is 47.4 Å². The van der Waals surface area contributed by atoms with Gasteiger partial charge < -0.3 is 5.32 Å². The van der Waals surface area contributed by atoms with Crippen LogP contribution in [0.5, 0.6) is 0 Å². The van der Waals surface area contributed by atoms with Crippen LogP contribution in [0.2, 0.25) is 0 Å². The summed E-state index contributed by atoms with van der Waals surface area (Å²) in [6.07, 6.45) is 1.20. The second-order valence-electron chi connectivity index (χ2n) is 4.40. The average molecular weight is 419 g/mol. The van der Waals surface area contributed by atoms with Gasteiger partial charge in [-0.25, -0.2) is 8.42 Å². The van der Waals surface area contributed by atoms with Crippen LogP contribution in [-0.2, 0) is 16.4 Å². The molecular weight excluding hydrogens is 406 g/mol. The maximum Gasteiger partial charge on any atom is 0.175 e. The van der Waals surface area contributed by atoms with Crippen molar-refractivity contribution in [3.8, 4) is 0 Å². The number of nitrogens with one attached hydrogen (secondary N) is 1. The molecule has 0 radical (unpaired) electrons. The fourth-order valence-corrected chi connectivity index (χ4v) is 2.98. The Kier molecular flexibility index (Phi) is 4.88. The SMILES string of the molecule is CS(=O)(=O)c1ccc(NCc2ccc(Br)c(Br)c2)cc1. The second-order valence-corrected chi connectivity index (χ2v) is 8.12. The zero-order valence-corrected chi connectivity index (χ0v) is 14.7. The molecule has 0 aliphatic rings. The lowest BCUT2D eigenvalue weighted by Crippen LogP contribution is -2.01. The van der Waals surface area contributed by atoms with Crippen molar-refractivity contribution in [1.29, 1.82) is 0 Å². The molecule has 0 spiro atoms. The standard InChI is InChI=1S/C14H13Br2NO2S/c1-20(18,19)12-5-3-11(4-6-12)17-9-10-2-7-13(15)14(16)8-10/h2-8,17H,9H2,1H3. The van der Waals surface area contributed by atoms with E-state index in [-0.39, 0.29) is 0 Å². The lowest BCUT2D eigenvalue weighted by molar-refractivity contribution is 0.602. The molecule has 0 aromatic heterocycles. The van der Waals surface area contributed by atoms with Gasteiger partial charge >= 0.3 is 0 Å². The number of anilines is 1. The summed E-state index contributed by atoms with van der Waals surface area (Å²) in [7, 11) is -3.14. The van der Waals surface area contributed by atoms with E-state index in [1.807, 2.05) is 18.2 Å². The van der Waals surface area contributed by atoms with Gasteiger partial charge in [-0.15, -0.1) is 0 Å². The van der Waals surface area contributed by atoms with Gasteiger partial charge in [-0.3, -0.25) is 0 Å². The molecular formula is C14H13Br2NO2S. The Morgan fingerprint density at radius 3 is 2.20 bits per heavy atom.